The van der Waals surface area contributed by atoms with E-state index in [-0.39, 0.29) is 12.5 Å². The average molecular weight is 395 g/mol. The number of rotatable bonds is 6. The summed E-state index contributed by atoms with van der Waals surface area (Å²) in [5.41, 5.74) is 4.90. The molecule has 4 aromatic rings. The minimum Gasteiger partial charge on any atom is -0.375 e. The largest absolute Gasteiger partial charge is 0.375 e. The number of ether oxygens (including phenoxy) is 1. The van der Waals surface area contributed by atoms with E-state index in [1.54, 1.807) is 20.8 Å². The van der Waals surface area contributed by atoms with Crippen molar-refractivity contribution < 1.29 is 9.53 Å². The molecular formula is C20H21N5O2S. The highest BCUT2D eigenvalue weighted by Gasteiger charge is 2.19. The number of methoxy groups -OCH3 is 1. The van der Waals surface area contributed by atoms with E-state index in [1.165, 1.54) is 12.7 Å². The number of pyridine rings is 1. The lowest BCUT2D eigenvalue weighted by Gasteiger charge is -2.22. The Kier molecular flexibility index (Phi) is 5.06. The SMILES string of the molecule is COCC(=O)N(Cc1cccs1)Cc1cc2ccc(C)c(C)c2n2nnnc12. The number of aromatic nitrogens is 4. The van der Waals surface area contributed by atoms with E-state index >= 15 is 0 Å². The summed E-state index contributed by atoms with van der Waals surface area (Å²) in [4.78, 5) is 15.6. The molecule has 0 unspecified atom stereocenters. The zero-order chi connectivity index (χ0) is 19.7. The molecule has 0 aliphatic carbocycles. The number of tetrazole rings is 1. The van der Waals surface area contributed by atoms with Gasteiger partial charge in [-0.3, -0.25) is 4.79 Å². The second kappa shape index (κ2) is 7.65. The smallest absolute Gasteiger partial charge is 0.249 e. The summed E-state index contributed by atoms with van der Waals surface area (Å²) >= 11 is 1.63. The number of benzene rings is 1. The third-order valence-electron chi connectivity index (χ3n) is 4.94. The van der Waals surface area contributed by atoms with Gasteiger partial charge in [-0.25, -0.2) is 0 Å². The summed E-state index contributed by atoms with van der Waals surface area (Å²) in [7, 11) is 1.53. The van der Waals surface area contributed by atoms with Gasteiger partial charge in [-0.05, 0) is 52.9 Å². The van der Waals surface area contributed by atoms with Gasteiger partial charge in [0.05, 0.1) is 12.1 Å². The molecule has 0 atom stereocenters. The molecule has 0 aliphatic heterocycles. The van der Waals surface area contributed by atoms with Gasteiger partial charge in [-0.2, -0.15) is 4.52 Å². The van der Waals surface area contributed by atoms with Crippen molar-refractivity contribution >= 4 is 33.8 Å². The fraction of sp³-hybridized carbons (Fsp3) is 0.300. The van der Waals surface area contributed by atoms with Crippen molar-refractivity contribution in [2.24, 2.45) is 0 Å². The van der Waals surface area contributed by atoms with Gasteiger partial charge in [0.25, 0.3) is 0 Å². The van der Waals surface area contributed by atoms with Crippen molar-refractivity contribution in [1.82, 2.24) is 24.9 Å². The summed E-state index contributed by atoms with van der Waals surface area (Å²) in [6.07, 6.45) is 0. The van der Waals surface area contributed by atoms with E-state index in [1.807, 2.05) is 17.5 Å². The first kappa shape index (κ1) is 18.5. The second-order valence-corrected chi connectivity index (χ2v) is 7.82. The van der Waals surface area contributed by atoms with Crippen LogP contribution in [0.2, 0.25) is 0 Å². The van der Waals surface area contributed by atoms with Crippen molar-refractivity contribution in [2.75, 3.05) is 13.7 Å². The highest BCUT2D eigenvalue weighted by molar-refractivity contribution is 7.09. The minimum absolute atomic E-state index is 0.0402. The number of carbonyl (C=O) groups excluding carboxylic acids is 1. The predicted molar refractivity (Wildman–Crippen MR) is 108 cm³/mol. The van der Waals surface area contributed by atoms with Crippen LogP contribution in [0.25, 0.3) is 16.6 Å². The van der Waals surface area contributed by atoms with Crippen LogP contribution in [0.1, 0.15) is 21.6 Å². The van der Waals surface area contributed by atoms with Crippen LogP contribution in [0.15, 0.2) is 35.7 Å². The van der Waals surface area contributed by atoms with Crippen molar-refractivity contribution in [3.63, 3.8) is 0 Å². The Morgan fingerprint density at radius 1 is 1.25 bits per heavy atom. The number of carbonyl (C=O) groups is 1. The molecule has 0 saturated carbocycles. The Hall–Kier alpha value is -2.84. The molecule has 0 fully saturated rings. The molecule has 1 amide bonds. The molecular weight excluding hydrogens is 374 g/mol. The average Bonchev–Trinajstić information content (AvgIpc) is 3.36. The van der Waals surface area contributed by atoms with Crippen LogP contribution in [-0.2, 0) is 22.6 Å². The van der Waals surface area contributed by atoms with E-state index in [0.29, 0.717) is 18.7 Å². The number of thiophene rings is 1. The molecule has 0 N–H and O–H groups in total. The van der Waals surface area contributed by atoms with Crippen LogP contribution >= 0.6 is 11.3 Å². The van der Waals surface area contributed by atoms with Gasteiger partial charge in [0.15, 0.2) is 5.65 Å². The molecule has 4 rings (SSSR count). The summed E-state index contributed by atoms with van der Waals surface area (Å²) in [6.45, 7) is 5.12. The molecule has 0 aliphatic rings. The Bertz CT molecular complexity index is 1140. The van der Waals surface area contributed by atoms with Crippen LogP contribution in [0.4, 0.5) is 0 Å². The second-order valence-electron chi connectivity index (χ2n) is 6.79. The highest BCUT2D eigenvalue weighted by Crippen LogP contribution is 2.26. The third-order valence-corrected chi connectivity index (χ3v) is 5.80. The van der Waals surface area contributed by atoms with Crippen LogP contribution in [0.5, 0.6) is 0 Å². The van der Waals surface area contributed by atoms with Crippen LogP contribution in [-0.4, -0.2) is 44.6 Å². The third kappa shape index (κ3) is 3.36. The lowest BCUT2D eigenvalue weighted by atomic mass is 10.0. The number of amides is 1. The van der Waals surface area contributed by atoms with Gasteiger partial charge in [0, 0.05) is 29.5 Å². The molecule has 0 saturated heterocycles. The van der Waals surface area contributed by atoms with Crippen molar-refractivity contribution in [2.45, 2.75) is 26.9 Å². The van der Waals surface area contributed by atoms with Gasteiger partial charge in [0.1, 0.15) is 6.61 Å². The summed E-state index contributed by atoms with van der Waals surface area (Å²) in [6, 6.07) is 10.3. The van der Waals surface area contributed by atoms with E-state index in [4.69, 9.17) is 4.74 Å². The van der Waals surface area contributed by atoms with Gasteiger partial charge in [-0.1, -0.05) is 18.2 Å². The quantitative estimate of drug-likeness (QED) is 0.502. The summed E-state index contributed by atoms with van der Waals surface area (Å²) < 4.78 is 6.85. The summed E-state index contributed by atoms with van der Waals surface area (Å²) in [5.74, 6) is -0.0679. The van der Waals surface area contributed by atoms with Crippen molar-refractivity contribution in [1.29, 1.82) is 0 Å². The molecule has 3 aromatic heterocycles. The molecule has 1 aromatic carbocycles. The first-order chi connectivity index (χ1) is 13.6. The Balaban J connectivity index is 1.78. The zero-order valence-electron chi connectivity index (χ0n) is 16.0. The Labute approximate surface area is 166 Å². The zero-order valence-corrected chi connectivity index (χ0v) is 16.9. The van der Waals surface area contributed by atoms with Crippen molar-refractivity contribution in [3.8, 4) is 0 Å². The number of nitrogens with zero attached hydrogens (tertiary/aromatic N) is 5. The van der Waals surface area contributed by atoms with Crippen LogP contribution < -0.4 is 0 Å². The first-order valence-corrected chi connectivity index (χ1v) is 9.85. The topological polar surface area (TPSA) is 72.6 Å². The predicted octanol–water partition coefficient (Wildman–Crippen LogP) is 3.13. The van der Waals surface area contributed by atoms with Gasteiger partial charge in [0.2, 0.25) is 5.91 Å². The molecule has 7 nitrogen and oxygen atoms in total. The van der Waals surface area contributed by atoms with E-state index in [9.17, 15) is 4.79 Å². The number of aryl methyl sites for hydroxylation is 2. The maximum atomic E-state index is 12.7. The molecule has 0 bridgehead atoms. The van der Waals surface area contributed by atoms with Gasteiger partial charge < -0.3 is 9.64 Å². The number of fused-ring (bicyclic) bond motifs is 3. The monoisotopic (exact) mass is 395 g/mol. The highest BCUT2D eigenvalue weighted by atomic mass is 32.1. The Morgan fingerprint density at radius 2 is 2.11 bits per heavy atom. The molecule has 0 spiro atoms. The fourth-order valence-electron chi connectivity index (χ4n) is 3.37. The van der Waals surface area contributed by atoms with Crippen molar-refractivity contribution in [3.05, 3.63) is 57.3 Å². The van der Waals surface area contributed by atoms with Gasteiger partial charge in [-0.15, -0.1) is 16.4 Å². The maximum Gasteiger partial charge on any atom is 0.249 e. The van der Waals surface area contributed by atoms with E-state index < -0.39 is 0 Å². The normalized spacial score (nSPS) is 11.4. The first-order valence-electron chi connectivity index (χ1n) is 8.97. The standard InChI is InChI=1S/C20H21N5O2S/c1-13-6-7-15-9-16(20-21-22-23-25(20)19(15)14(13)2)10-24(18(26)12-27-3)11-17-5-4-8-28-17/h4-9H,10-12H2,1-3H3. The maximum absolute atomic E-state index is 12.7. The molecule has 28 heavy (non-hydrogen) atoms. The fourth-order valence-corrected chi connectivity index (χ4v) is 4.09. The Morgan fingerprint density at radius 3 is 2.86 bits per heavy atom. The lowest BCUT2D eigenvalue weighted by molar-refractivity contribution is -0.136. The number of hydrogen-bond donors (Lipinski definition) is 0. The van der Waals surface area contributed by atoms with E-state index in [2.05, 4.69) is 47.6 Å². The molecule has 144 valence electrons. The van der Waals surface area contributed by atoms with Crippen LogP contribution in [0.3, 0.4) is 0 Å². The number of hydrogen-bond acceptors (Lipinski definition) is 6. The minimum atomic E-state index is -0.0679. The molecule has 0 radical (unpaired) electrons. The molecule has 8 heteroatoms. The van der Waals surface area contributed by atoms with Crippen LogP contribution in [0, 0.1) is 13.8 Å². The van der Waals surface area contributed by atoms with E-state index in [0.717, 1.165) is 26.9 Å². The lowest BCUT2D eigenvalue weighted by Crippen LogP contribution is -2.32. The molecule has 3 heterocycles. The van der Waals surface area contributed by atoms with Gasteiger partial charge >= 0.3 is 0 Å². The summed E-state index contributed by atoms with van der Waals surface area (Å²) in [5, 5.41) is 15.4.